The normalized spacial score (nSPS) is 12.6. The maximum absolute atomic E-state index is 6.20. The fourth-order valence-corrected chi connectivity index (χ4v) is 2.04. The molecule has 0 spiro atoms. The van der Waals surface area contributed by atoms with Crippen molar-refractivity contribution in [3.63, 3.8) is 0 Å². The molecular formula is C12H15ClN4. The summed E-state index contributed by atoms with van der Waals surface area (Å²) in [5, 5.41) is 0.575. The molecule has 2 rings (SSSR count). The van der Waals surface area contributed by atoms with Crippen molar-refractivity contribution >= 4 is 11.6 Å². The second-order valence-electron chi connectivity index (χ2n) is 3.85. The van der Waals surface area contributed by atoms with E-state index >= 15 is 0 Å². The van der Waals surface area contributed by atoms with Crippen molar-refractivity contribution in [2.75, 3.05) is 0 Å². The van der Waals surface area contributed by atoms with Crippen LogP contribution in [0.25, 0.3) is 0 Å². The van der Waals surface area contributed by atoms with E-state index in [0.717, 1.165) is 24.4 Å². The van der Waals surface area contributed by atoms with E-state index < -0.39 is 0 Å². The molecule has 1 atom stereocenters. The summed E-state index contributed by atoms with van der Waals surface area (Å²) < 4.78 is 2.06. The van der Waals surface area contributed by atoms with Gasteiger partial charge in [-0.3, -0.25) is 4.98 Å². The number of pyridine rings is 1. The van der Waals surface area contributed by atoms with Gasteiger partial charge >= 0.3 is 0 Å². The quantitative estimate of drug-likeness (QED) is 0.907. The van der Waals surface area contributed by atoms with Gasteiger partial charge in [0.2, 0.25) is 0 Å². The van der Waals surface area contributed by atoms with Crippen molar-refractivity contribution in [3.05, 3.63) is 47.3 Å². The molecule has 90 valence electrons. The predicted octanol–water partition coefficient (Wildman–Crippen LogP) is 2.39. The molecule has 0 fully saturated rings. The molecule has 0 amide bonds. The lowest BCUT2D eigenvalue weighted by molar-refractivity contribution is 0.612. The third-order valence-electron chi connectivity index (χ3n) is 2.63. The SMILES string of the molecule is CCCn1ccnc1C(N)c1ccncc1Cl. The molecule has 0 aliphatic rings. The van der Waals surface area contributed by atoms with Gasteiger partial charge in [-0.15, -0.1) is 0 Å². The van der Waals surface area contributed by atoms with E-state index in [1.807, 2.05) is 12.3 Å². The van der Waals surface area contributed by atoms with Gasteiger partial charge in [-0.2, -0.15) is 0 Å². The highest BCUT2D eigenvalue weighted by molar-refractivity contribution is 6.31. The summed E-state index contributed by atoms with van der Waals surface area (Å²) in [4.78, 5) is 8.26. The number of nitrogens with zero attached hydrogens (tertiary/aromatic N) is 3. The van der Waals surface area contributed by atoms with E-state index in [2.05, 4.69) is 21.5 Å². The smallest absolute Gasteiger partial charge is 0.130 e. The molecule has 2 N–H and O–H groups in total. The van der Waals surface area contributed by atoms with Crippen LogP contribution in [0.3, 0.4) is 0 Å². The average molecular weight is 251 g/mol. The van der Waals surface area contributed by atoms with E-state index in [0.29, 0.717) is 5.02 Å². The van der Waals surface area contributed by atoms with Gasteiger partial charge in [0.1, 0.15) is 5.82 Å². The Bertz CT molecular complexity index is 495. The van der Waals surface area contributed by atoms with E-state index in [1.54, 1.807) is 18.6 Å². The Balaban J connectivity index is 2.34. The van der Waals surface area contributed by atoms with Crippen molar-refractivity contribution < 1.29 is 0 Å². The van der Waals surface area contributed by atoms with Gasteiger partial charge < -0.3 is 10.3 Å². The molecule has 0 aromatic carbocycles. The first-order valence-electron chi connectivity index (χ1n) is 5.60. The number of imidazole rings is 1. The molecule has 2 aromatic heterocycles. The number of hydrogen-bond donors (Lipinski definition) is 1. The first kappa shape index (κ1) is 12.1. The number of aromatic nitrogens is 3. The lowest BCUT2D eigenvalue weighted by Gasteiger charge is -2.14. The molecule has 2 heterocycles. The highest BCUT2D eigenvalue weighted by atomic mass is 35.5. The topological polar surface area (TPSA) is 56.7 Å². The molecule has 0 bridgehead atoms. The summed E-state index contributed by atoms with van der Waals surface area (Å²) in [6.45, 7) is 3.03. The average Bonchev–Trinajstić information content (AvgIpc) is 2.78. The third-order valence-corrected chi connectivity index (χ3v) is 2.95. The van der Waals surface area contributed by atoms with Crippen molar-refractivity contribution in [2.45, 2.75) is 25.9 Å². The first-order valence-corrected chi connectivity index (χ1v) is 5.97. The maximum Gasteiger partial charge on any atom is 0.130 e. The Hall–Kier alpha value is -1.39. The highest BCUT2D eigenvalue weighted by Gasteiger charge is 2.16. The molecule has 17 heavy (non-hydrogen) atoms. The third kappa shape index (κ3) is 2.48. The number of rotatable bonds is 4. The molecule has 0 saturated carbocycles. The molecule has 0 aliphatic carbocycles. The fourth-order valence-electron chi connectivity index (χ4n) is 1.81. The largest absolute Gasteiger partial charge is 0.333 e. The molecule has 0 aliphatic heterocycles. The predicted molar refractivity (Wildman–Crippen MR) is 67.8 cm³/mol. The van der Waals surface area contributed by atoms with E-state index in [1.165, 1.54) is 0 Å². The zero-order chi connectivity index (χ0) is 12.3. The van der Waals surface area contributed by atoms with Crippen molar-refractivity contribution in [1.82, 2.24) is 14.5 Å². The van der Waals surface area contributed by atoms with E-state index in [-0.39, 0.29) is 6.04 Å². The summed E-state index contributed by atoms with van der Waals surface area (Å²) in [5.74, 6) is 0.833. The zero-order valence-corrected chi connectivity index (χ0v) is 10.4. The minimum absolute atomic E-state index is 0.313. The van der Waals surface area contributed by atoms with Crippen LogP contribution < -0.4 is 5.73 Å². The van der Waals surface area contributed by atoms with Crippen LogP contribution in [0.15, 0.2) is 30.9 Å². The lowest BCUT2D eigenvalue weighted by atomic mass is 10.1. The Kier molecular flexibility index (Phi) is 3.76. The van der Waals surface area contributed by atoms with Crippen LogP contribution >= 0.6 is 11.6 Å². The maximum atomic E-state index is 6.20. The molecule has 1 unspecified atom stereocenters. The Labute approximate surface area is 105 Å². The van der Waals surface area contributed by atoms with Crippen molar-refractivity contribution in [1.29, 1.82) is 0 Å². The van der Waals surface area contributed by atoms with Gasteiger partial charge in [-0.1, -0.05) is 18.5 Å². The number of aryl methyl sites for hydroxylation is 1. The van der Waals surface area contributed by atoms with Gasteiger partial charge in [0.15, 0.2) is 0 Å². The van der Waals surface area contributed by atoms with Crippen LogP contribution in [0.4, 0.5) is 0 Å². The van der Waals surface area contributed by atoms with Crippen LogP contribution in [0.1, 0.15) is 30.8 Å². The van der Waals surface area contributed by atoms with E-state index in [4.69, 9.17) is 17.3 Å². The number of nitrogens with two attached hydrogens (primary N) is 1. The van der Waals surface area contributed by atoms with Crippen molar-refractivity contribution in [3.8, 4) is 0 Å². The van der Waals surface area contributed by atoms with Crippen LogP contribution in [-0.4, -0.2) is 14.5 Å². The Morgan fingerprint density at radius 2 is 2.29 bits per heavy atom. The van der Waals surface area contributed by atoms with Gasteiger partial charge in [-0.25, -0.2) is 4.98 Å². The van der Waals surface area contributed by atoms with Crippen LogP contribution in [0.2, 0.25) is 5.02 Å². The van der Waals surface area contributed by atoms with Gasteiger partial charge in [0, 0.05) is 31.3 Å². The lowest BCUT2D eigenvalue weighted by Crippen LogP contribution is -2.18. The Morgan fingerprint density at radius 1 is 1.47 bits per heavy atom. The van der Waals surface area contributed by atoms with Gasteiger partial charge in [0.25, 0.3) is 0 Å². The van der Waals surface area contributed by atoms with Crippen LogP contribution in [0.5, 0.6) is 0 Å². The minimum Gasteiger partial charge on any atom is -0.333 e. The van der Waals surface area contributed by atoms with Gasteiger partial charge in [-0.05, 0) is 18.1 Å². The number of hydrogen-bond acceptors (Lipinski definition) is 3. The number of halogens is 1. The highest BCUT2D eigenvalue weighted by Crippen LogP contribution is 2.24. The Morgan fingerprint density at radius 3 is 3.00 bits per heavy atom. The summed E-state index contributed by atoms with van der Waals surface area (Å²) in [7, 11) is 0. The van der Waals surface area contributed by atoms with Crippen LogP contribution in [-0.2, 0) is 6.54 Å². The standard InChI is InChI=1S/C12H15ClN4/c1-2-6-17-7-5-16-12(17)11(14)9-3-4-15-8-10(9)13/h3-5,7-8,11H,2,6,14H2,1H3. The van der Waals surface area contributed by atoms with Gasteiger partial charge in [0.05, 0.1) is 11.1 Å². The molecular weight excluding hydrogens is 236 g/mol. The summed E-state index contributed by atoms with van der Waals surface area (Å²) >= 11 is 6.09. The molecule has 0 saturated heterocycles. The zero-order valence-electron chi connectivity index (χ0n) is 9.68. The minimum atomic E-state index is -0.313. The molecule has 2 aromatic rings. The second kappa shape index (κ2) is 5.29. The summed E-state index contributed by atoms with van der Waals surface area (Å²) in [5.41, 5.74) is 7.05. The first-order chi connectivity index (χ1) is 8.24. The summed E-state index contributed by atoms with van der Waals surface area (Å²) in [6.07, 6.45) is 8.03. The fraction of sp³-hybridized carbons (Fsp3) is 0.333. The molecule has 5 heteroatoms. The van der Waals surface area contributed by atoms with Crippen LogP contribution in [0, 0.1) is 0 Å². The molecule has 0 radical (unpaired) electrons. The molecule has 4 nitrogen and oxygen atoms in total. The monoisotopic (exact) mass is 250 g/mol. The van der Waals surface area contributed by atoms with E-state index in [9.17, 15) is 0 Å². The second-order valence-corrected chi connectivity index (χ2v) is 4.26. The summed E-state index contributed by atoms with van der Waals surface area (Å²) in [6, 6.07) is 1.52. The van der Waals surface area contributed by atoms with Crippen molar-refractivity contribution in [2.24, 2.45) is 5.73 Å².